The summed E-state index contributed by atoms with van der Waals surface area (Å²) in [7, 11) is 0. The molecule has 20 heavy (non-hydrogen) atoms. The molecule has 0 aliphatic heterocycles. The lowest BCUT2D eigenvalue weighted by Crippen LogP contribution is -2.26. The third kappa shape index (κ3) is 3.08. The second kappa shape index (κ2) is 5.77. The minimum Gasteiger partial charge on any atom is -0.384 e. The summed E-state index contributed by atoms with van der Waals surface area (Å²) in [5.41, 5.74) is 9.08. The first-order valence-corrected chi connectivity index (χ1v) is 7.86. The number of hydrogen-bond donors (Lipinski definition) is 2. The van der Waals surface area contributed by atoms with Crippen LogP contribution in [0.4, 0.5) is 0 Å². The minimum atomic E-state index is 0.159. The summed E-state index contributed by atoms with van der Waals surface area (Å²) in [6.45, 7) is 1.86. The smallest absolute Gasteiger partial charge is 0.123 e. The van der Waals surface area contributed by atoms with Gasteiger partial charge >= 0.3 is 0 Å². The number of nitrogen functional groups attached to an aromatic ring is 1. The van der Waals surface area contributed by atoms with Crippen LogP contribution in [-0.4, -0.2) is 16.8 Å². The maximum atomic E-state index is 7.70. The van der Waals surface area contributed by atoms with E-state index in [1.165, 1.54) is 18.4 Å². The van der Waals surface area contributed by atoms with Gasteiger partial charge in [0.25, 0.3) is 0 Å². The van der Waals surface area contributed by atoms with Crippen LogP contribution in [0.2, 0.25) is 0 Å². The van der Waals surface area contributed by atoms with Crippen LogP contribution in [-0.2, 0) is 13.1 Å². The number of thiophene rings is 1. The van der Waals surface area contributed by atoms with Crippen molar-refractivity contribution in [3.8, 4) is 0 Å². The van der Waals surface area contributed by atoms with Gasteiger partial charge in [0, 0.05) is 24.7 Å². The fourth-order valence-corrected chi connectivity index (χ4v) is 3.17. The van der Waals surface area contributed by atoms with E-state index in [9.17, 15) is 0 Å². The lowest BCUT2D eigenvalue weighted by molar-refractivity contribution is 0.246. The lowest BCUT2D eigenvalue weighted by atomic mass is 10.1. The Morgan fingerprint density at radius 1 is 1.25 bits per heavy atom. The molecular formula is C16H19N3S. The number of benzene rings is 1. The molecule has 104 valence electrons. The van der Waals surface area contributed by atoms with E-state index in [1.807, 2.05) is 18.2 Å². The van der Waals surface area contributed by atoms with Gasteiger partial charge in [0.2, 0.25) is 0 Å². The summed E-state index contributed by atoms with van der Waals surface area (Å²) >= 11 is 1.75. The van der Waals surface area contributed by atoms with Gasteiger partial charge in [-0.3, -0.25) is 10.3 Å². The molecule has 3 rings (SSSR count). The normalized spacial score (nSPS) is 14.7. The molecule has 4 heteroatoms. The van der Waals surface area contributed by atoms with E-state index in [4.69, 9.17) is 11.1 Å². The Hall–Kier alpha value is -1.65. The second-order valence-corrected chi connectivity index (χ2v) is 6.12. The Morgan fingerprint density at radius 2 is 2.05 bits per heavy atom. The van der Waals surface area contributed by atoms with Gasteiger partial charge < -0.3 is 5.73 Å². The first-order chi connectivity index (χ1) is 9.74. The third-order valence-electron chi connectivity index (χ3n) is 3.71. The van der Waals surface area contributed by atoms with Gasteiger partial charge in [-0.2, -0.15) is 11.3 Å². The zero-order chi connectivity index (χ0) is 13.9. The Morgan fingerprint density at radius 3 is 2.70 bits per heavy atom. The quantitative estimate of drug-likeness (QED) is 0.632. The topological polar surface area (TPSA) is 53.1 Å². The first-order valence-electron chi connectivity index (χ1n) is 6.91. The largest absolute Gasteiger partial charge is 0.384 e. The van der Waals surface area contributed by atoms with Crippen molar-refractivity contribution in [2.45, 2.75) is 32.0 Å². The number of rotatable bonds is 6. The van der Waals surface area contributed by atoms with Crippen LogP contribution in [0, 0.1) is 5.41 Å². The highest BCUT2D eigenvalue weighted by molar-refractivity contribution is 7.07. The van der Waals surface area contributed by atoms with Gasteiger partial charge in [-0.15, -0.1) is 0 Å². The first kappa shape index (κ1) is 13.3. The zero-order valence-corrected chi connectivity index (χ0v) is 12.2. The highest BCUT2D eigenvalue weighted by atomic mass is 32.1. The van der Waals surface area contributed by atoms with E-state index < -0.39 is 0 Å². The third-order valence-corrected chi connectivity index (χ3v) is 4.44. The van der Waals surface area contributed by atoms with Gasteiger partial charge in [-0.05, 0) is 40.8 Å². The molecule has 1 aliphatic rings. The van der Waals surface area contributed by atoms with Crippen molar-refractivity contribution in [3.05, 3.63) is 57.8 Å². The molecule has 0 radical (unpaired) electrons. The maximum absolute atomic E-state index is 7.70. The molecule has 0 saturated heterocycles. The molecule has 1 aromatic carbocycles. The molecule has 3 nitrogen and oxygen atoms in total. The van der Waals surface area contributed by atoms with Crippen LogP contribution in [0.1, 0.15) is 29.5 Å². The van der Waals surface area contributed by atoms with Gasteiger partial charge in [0.05, 0.1) is 0 Å². The van der Waals surface area contributed by atoms with E-state index in [-0.39, 0.29) is 5.84 Å². The molecule has 0 spiro atoms. The van der Waals surface area contributed by atoms with Crippen molar-refractivity contribution in [2.75, 3.05) is 0 Å². The van der Waals surface area contributed by atoms with Crippen LogP contribution >= 0.6 is 11.3 Å². The van der Waals surface area contributed by atoms with Crippen molar-refractivity contribution in [3.63, 3.8) is 0 Å². The van der Waals surface area contributed by atoms with Crippen molar-refractivity contribution in [2.24, 2.45) is 5.73 Å². The van der Waals surface area contributed by atoms with Gasteiger partial charge in [-0.1, -0.05) is 24.3 Å². The minimum absolute atomic E-state index is 0.159. The average molecular weight is 285 g/mol. The van der Waals surface area contributed by atoms with Crippen LogP contribution in [0.25, 0.3) is 0 Å². The molecule has 3 N–H and O–H groups in total. The van der Waals surface area contributed by atoms with Gasteiger partial charge in [0.1, 0.15) is 5.84 Å². The molecule has 0 unspecified atom stereocenters. The Bertz CT molecular complexity index is 588. The summed E-state index contributed by atoms with van der Waals surface area (Å²) in [6.07, 6.45) is 2.57. The number of nitrogens with zero attached hydrogens (tertiary/aromatic N) is 1. The molecule has 0 bridgehead atoms. The van der Waals surface area contributed by atoms with Crippen LogP contribution in [0.3, 0.4) is 0 Å². The average Bonchev–Trinajstić information content (AvgIpc) is 3.17. The molecule has 2 aromatic rings. The predicted octanol–water partition coefficient (Wildman–Crippen LogP) is 3.20. The Kier molecular flexibility index (Phi) is 3.85. The fourth-order valence-electron chi connectivity index (χ4n) is 2.51. The lowest BCUT2D eigenvalue weighted by Gasteiger charge is -2.23. The summed E-state index contributed by atoms with van der Waals surface area (Å²) in [5.74, 6) is 0.159. The van der Waals surface area contributed by atoms with Crippen molar-refractivity contribution < 1.29 is 0 Å². The van der Waals surface area contributed by atoms with Crippen LogP contribution in [0.15, 0.2) is 41.1 Å². The summed E-state index contributed by atoms with van der Waals surface area (Å²) in [4.78, 5) is 2.50. The van der Waals surface area contributed by atoms with Crippen molar-refractivity contribution in [1.82, 2.24) is 4.90 Å². The monoisotopic (exact) mass is 285 g/mol. The highest BCUT2D eigenvalue weighted by Crippen LogP contribution is 2.30. The molecule has 1 aromatic heterocycles. The van der Waals surface area contributed by atoms with E-state index >= 15 is 0 Å². The SMILES string of the molecule is N=C(N)c1ccccc1CN(Cc1ccsc1)C1CC1. The molecule has 0 atom stereocenters. The van der Waals surface area contributed by atoms with E-state index in [2.05, 4.69) is 27.8 Å². The molecular weight excluding hydrogens is 266 g/mol. The number of nitrogens with one attached hydrogen (secondary N) is 1. The molecule has 1 aliphatic carbocycles. The summed E-state index contributed by atoms with van der Waals surface area (Å²) < 4.78 is 0. The molecule has 1 fully saturated rings. The molecule has 1 saturated carbocycles. The zero-order valence-electron chi connectivity index (χ0n) is 11.4. The maximum Gasteiger partial charge on any atom is 0.123 e. The number of nitrogens with two attached hydrogens (primary N) is 1. The fraction of sp³-hybridized carbons (Fsp3) is 0.312. The second-order valence-electron chi connectivity index (χ2n) is 5.34. The highest BCUT2D eigenvalue weighted by Gasteiger charge is 2.29. The van der Waals surface area contributed by atoms with Gasteiger partial charge in [-0.25, -0.2) is 0 Å². The van der Waals surface area contributed by atoms with Crippen molar-refractivity contribution >= 4 is 17.2 Å². The standard InChI is InChI=1S/C16H19N3S/c17-16(18)15-4-2-1-3-13(15)10-19(14-5-6-14)9-12-7-8-20-11-12/h1-4,7-8,11,14H,5-6,9-10H2,(H3,17,18). The van der Waals surface area contributed by atoms with E-state index in [0.29, 0.717) is 6.04 Å². The van der Waals surface area contributed by atoms with Crippen LogP contribution < -0.4 is 5.73 Å². The molecule has 1 heterocycles. The Balaban J connectivity index is 1.78. The summed E-state index contributed by atoms with van der Waals surface area (Å²) in [6, 6.07) is 10.9. The van der Waals surface area contributed by atoms with E-state index in [1.54, 1.807) is 11.3 Å². The van der Waals surface area contributed by atoms with E-state index in [0.717, 1.165) is 24.2 Å². The van der Waals surface area contributed by atoms with Crippen LogP contribution in [0.5, 0.6) is 0 Å². The summed E-state index contributed by atoms with van der Waals surface area (Å²) in [5, 5.41) is 12.0. The number of amidine groups is 1. The predicted molar refractivity (Wildman–Crippen MR) is 84.0 cm³/mol. The van der Waals surface area contributed by atoms with Gasteiger partial charge in [0.15, 0.2) is 0 Å². The van der Waals surface area contributed by atoms with Crippen molar-refractivity contribution in [1.29, 1.82) is 5.41 Å². The Labute approximate surface area is 123 Å². The molecule has 0 amide bonds. The number of hydrogen-bond acceptors (Lipinski definition) is 3.